The van der Waals surface area contributed by atoms with E-state index in [9.17, 15) is 0 Å². The van der Waals surface area contributed by atoms with Gasteiger partial charge in [0.1, 0.15) is 25.2 Å². The van der Waals surface area contributed by atoms with E-state index in [1.807, 2.05) is 30.7 Å². The Balaban J connectivity index is 1.92. The summed E-state index contributed by atoms with van der Waals surface area (Å²) in [5.41, 5.74) is 4.51. The van der Waals surface area contributed by atoms with Crippen LogP contribution in [0.25, 0.3) is 0 Å². The predicted octanol–water partition coefficient (Wildman–Crippen LogP) is 3.98. The van der Waals surface area contributed by atoms with Gasteiger partial charge in [-0.2, -0.15) is 0 Å². The van der Waals surface area contributed by atoms with Gasteiger partial charge in [0.15, 0.2) is 0 Å². The van der Waals surface area contributed by atoms with Crippen LogP contribution in [0, 0.1) is 13.8 Å². The van der Waals surface area contributed by atoms with Crippen molar-refractivity contribution in [1.29, 1.82) is 0 Å². The Morgan fingerprint density at radius 2 is 1.93 bits per heavy atom. The first-order chi connectivity index (χ1) is 13.1. The second-order valence-corrected chi connectivity index (χ2v) is 6.33. The van der Waals surface area contributed by atoms with Crippen LogP contribution in [-0.4, -0.2) is 36.1 Å². The Labute approximate surface area is 161 Å². The van der Waals surface area contributed by atoms with E-state index in [4.69, 9.17) is 14.3 Å². The zero-order valence-corrected chi connectivity index (χ0v) is 16.9. The van der Waals surface area contributed by atoms with E-state index < -0.39 is 0 Å². The summed E-state index contributed by atoms with van der Waals surface area (Å²) >= 11 is 0. The molecule has 2 aromatic rings. The fourth-order valence-electron chi connectivity index (χ4n) is 2.89. The third kappa shape index (κ3) is 5.88. The first kappa shape index (κ1) is 20.6. The summed E-state index contributed by atoms with van der Waals surface area (Å²) in [6, 6.07) is 4.21. The minimum Gasteiger partial charge on any atom is -0.490 e. The first-order valence-corrected chi connectivity index (χ1v) is 9.11. The van der Waals surface area contributed by atoms with Gasteiger partial charge in [0.2, 0.25) is 5.88 Å². The number of allylic oxidation sites excluding steroid dienone is 1. The summed E-state index contributed by atoms with van der Waals surface area (Å²) in [6.45, 7) is 7.45. The maximum Gasteiger partial charge on any atom is 0.222 e. The normalized spacial score (nSPS) is 11.4. The Morgan fingerprint density at radius 3 is 2.59 bits per heavy atom. The standard InChI is InChI=1S/C21H29N3O3/c1-6-7-10-26-18-12-16(2)19(17(3)13-18)9-8-11-27-21-20(14-23-25-5)22-15-24(21)4/h6-7,12-15H,8-11H2,1-5H3/b7-6+,23-14?. The van der Waals surface area contributed by atoms with E-state index in [-0.39, 0.29) is 0 Å². The van der Waals surface area contributed by atoms with Crippen molar-refractivity contribution < 1.29 is 14.3 Å². The first-order valence-electron chi connectivity index (χ1n) is 9.11. The molecule has 6 nitrogen and oxygen atoms in total. The highest BCUT2D eigenvalue weighted by atomic mass is 16.6. The molecule has 146 valence electrons. The molecular weight excluding hydrogens is 342 g/mol. The van der Waals surface area contributed by atoms with E-state index in [1.165, 1.54) is 23.8 Å². The van der Waals surface area contributed by atoms with Crippen molar-refractivity contribution >= 4 is 6.21 Å². The van der Waals surface area contributed by atoms with Gasteiger partial charge in [-0.25, -0.2) is 4.98 Å². The lowest BCUT2D eigenvalue weighted by molar-refractivity contribution is 0.215. The number of aryl methyl sites for hydroxylation is 3. The molecule has 0 fully saturated rings. The molecule has 0 N–H and O–H groups in total. The van der Waals surface area contributed by atoms with Crippen LogP contribution in [-0.2, 0) is 18.3 Å². The molecule has 6 heteroatoms. The molecule has 0 atom stereocenters. The van der Waals surface area contributed by atoms with Crippen LogP contribution in [0.2, 0.25) is 0 Å². The average molecular weight is 371 g/mol. The fraction of sp³-hybridized carbons (Fsp3) is 0.429. The Hall–Kier alpha value is -2.76. The predicted molar refractivity (Wildman–Crippen MR) is 108 cm³/mol. The fourth-order valence-corrected chi connectivity index (χ4v) is 2.89. The van der Waals surface area contributed by atoms with Gasteiger partial charge < -0.3 is 18.9 Å². The highest BCUT2D eigenvalue weighted by molar-refractivity contribution is 5.79. The molecule has 0 aliphatic heterocycles. The van der Waals surface area contributed by atoms with Crippen LogP contribution >= 0.6 is 0 Å². The number of hydrogen-bond donors (Lipinski definition) is 0. The van der Waals surface area contributed by atoms with Gasteiger partial charge in [-0.1, -0.05) is 17.3 Å². The maximum atomic E-state index is 5.92. The highest BCUT2D eigenvalue weighted by Gasteiger charge is 2.10. The van der Waals surface area contributed by atoms with Crippen LogP contribution in [0.15, 0.2) is 35.8 Å². The van der Waals surface area contributed by atoms with Crippen LogP contribution in [0.3, 0.4) is 0 Å². The SMILES string of the molecule is C/C=C/COc1cc(C)c(CCCOc2c(C=NOC)ncn2C)c(C)c1. The molecule has 0 aliphatic carbocycles. The lowest BCUT2D eigenvalue weighted by atomic mass is 9.98. The summed E-state index contributed by atoms with van der Waals surface area (Å²) in [7, 11) is 3.40. The van der Waals surface area contributed by atoms with E-state index in [0.717, 1.165) is 18.6 Å². The molecule has 0 radical (unpaired) electrons. The summed E-state index contributed by atoms with van der Waals surface area (Å²) in [5.74, 6) is 1.61. The third-order valence-corrected chi connectivity index (χ3v) is 4.25. The summed E-state index contributed by atoms with van der Waals surface area (Å²) in [4.78, 5) is 8.96. The molecule has 0 bridgehead atoms. The van der Waals surface area contributed by atoms with E-state index in [1.54, 1.807) is 12.5 Å². The van der Waals surface area contributed by atoms with Crippen LogP contribution in [0.5, 0.6) is 11.6 Å². The van der Waals surface area contributed by atoms with Crippen molar-refractivity contribution in [1.82, 2.24) is 9.55 Å². The zero-order chi connectivity index (χ0) is 19.6. The number of rotatable bonds is 10. The number of oxime groups is 1. The van der Waals surface area contributed by atoms with E-state index in [0.29, 0.717) is 24.8 Å². The summed E-state index contributed by atoms with van der Waals surface area (Å²) < 4.78 is 13.5. The summed E-state index contributed by atoms with van der Waals surface area (Å²) in [6.07, 6.45) is 9.10. The van der Waals surface area contributed by atoms with Gasteiger partial charge in [0.25, 0.3) is 0 Å². The number of aromatic nitrogens is 2. The van der Waals surface area contributed by atoms with Gasteiger partial charge >= 0.3 is 0 Å². The molecule has 0 saturated carbocycles. The molecule has 0 aliphatic rings. The molecule has 0 saturated heterocycles. The maximum absolute atomic E-state index is 5.92. The van der Waals surface area contributed by atoms with Gasteiger partial charge in [-0.15, -0.1) is 0 Å². The van der Waals surface area contributed by atoms with Gasteiger partial charge in [-0.05, 0) is 62.4 Å². The van der Waals surface area contributed by atoms with Gasteiger partial charge in [0.05, 0.1) is 19.1 Å². The molecule has 1 aromatic heterocycles. The largest absolute Gasteiger partial charge is 0.490 e. The zero-order valence-electron chi connectivity index (χ0n) is 16.9. The van der Waals surface area contributed by atoms with Crippen molar-refractivity contribution in [2.75, 3.05) is 20.3 Å². The summed E-state index contributed by atoms with van der Waals surface area (Å²) in [5, 5.41) is 3.75. The molecule has 1 aromatic carbocycles. The van der Waals surface area contributed by atoms with Crippen molar-refractivity contribution in [3.05, 3.63) is 53.0 Å². The number of nitrogens with zero attached hydrogens (tertiary/aromatic N) is 3. The van der Waals surface area contributed by atoms with Crippen molar-refractivity contribution in [2.24, 2.45) is 12.2 Å². The number of hydrogen-bond acceptors (Lipinski definition) is 5. The smallest absolute Gasteiger partial charge is 0.222 e. The molecule has 0 amide bonds. The Bertz CT molecular complexity index is 771. The second kappa shape index (κ2) is 10.4. The molecule has 1 heterocycles. The van der Waals surface area contributed by atoms with Crippen molar-refractivity contribution in [3.8, 4) is 11.6 Å². The highest BCUT2D eigenvalue weighted by Crippen LogP contribution is 2.23. The van der Waals surface area contributed by atoms with E-state index >= 15 is 0 Å². The van der Waals surface area contributed by atoms with Gasteiger partial charge in [0, 0.05) is 7.05 Å². The van der Waals surface area contributed by atoms with Crippen molar-refractivity contribution in [3.63, 3.8) is 0 Å². The van der Waals surface area contributed by atoms with Crippen LogP contribution in [0.1, 0.15) is 35.7 Å². The molecule has 2 rings (SSSR count). The number of benzene rings is 1. The molecular formula is C21H29N3O3. The third-order valence-electron chi connectivity index (χ3n) is 4.25. The lowest BCUT2D eigenvalue weighted by Crippen LogP contribution is -2.06. The molecule has 0 unspecified atom stereocenters. The lowest BCUT2D eigenvalue weighted by Gasteiger charge is -2.13. The van der Waals surface area contributed by atoms with Crippen LogP contribution in [0.4, 0.5) is 0 Å². The van der Waals surface area contributed by atoms with E-state index in [2.05, 4.69) is 36.1 Å². The Kier molecular flexibility index (Phi) is 7.92. The second-order valence-electron chi connectivity index (χ2n) is 6.33. The quantitative estimate of drug-likeness (QED) is 0.274. The molecule has 0 spiro atoms. The number of imidazole rings is 1. The Morgan fingerprint density at radius 1 is 1.19 bits per heavy atom. The minimum absolute atomic E-state index is 0.599. The van der Waals surface area contributed by atoms with Crippen LogP contribution < -0.4 is 9.47 Å². The molecule has 27 heavy (non-hydrogen) atoms. The number of ether oxygens (including phenoxy) is 2. The topological polar surface area (TPSA) is 57.9 Å². The average Bonchev–Trinajstić information content (AvgIpc) is 2.98. The minimum atomic E-state index is 0.599. The van der Waals surface area contributed by atoms with Gasteiger partial charge in [-0.3, -0.25) is 0 Å². The monoisotopic (exact) mass is 371 g/mol. The van der Waals surface area contributed by atoms with Crippen molar-refractivity contribution in [2.45, 2.75) is 33.6 Å².